The third kappa shape index (κ3) is 3.42. The van der Waals surface area contributed by atoms with Crippen LogP contribution in [0.3, 0.4) is 0 Å². The Hall–Kier alpha value is -3.20. The van der Waals surface area contributed by atoms with Gasteiger partial charge in [-0.05, 0) is 43.0 Å². The Morgan fingerprint density at radius 2 is 1.92 bits per heavy atom. The number of anilines is 1. The van der Waals surface area contributed by atoms with Crippen LogP contribution in [-0.4, -0.2) is 20.0 Å². The fraction of sp³-hybridized carbons (Fsp3) is 0.300. The number of aromatic nitrogens is 4. The van der Waals surface area contributed by atoms with Gasteiger partial charge in [0, 0.05) is 12.7 Å². The van der Waals surface area contributed by atoms with Crippen LogP contribution in [0.4, 0.5) is 5.82 Å². The van der Waals surface area contributed by atoms with Gasteiger partial charge >= 0.3 is 0 Å². The van der Waals surface area contributed by atoms with Gasteiger partial charge in [0.1, 0.15) is 11.6 Å². The molecule has 0 atom stereocenters. The van der Waals surface area contributed by atoms with Crippen molar-refractivity contribution in [2.24, 2.45) is 0 Å². The van der Waals surface area contributed by atoms with Crippen molar-refractivity contribution in [3.63, 3.8) is 0 Å². The molecule has 1 N–H and O–H groups in total. The summed E-state index contributed by atoms with van der Waals surface area (Å²) in [6.07, 6.45) is 3.48. The first-order valence-electron chi connectivity index (χ1n) is 8.80. The van der Waals surface area contributed by atoms with Crippen molar-refractivity contribution in [3.05, 3.63) is 64.6 Å². The number of rotatable bonds is 6. The van der Waals surface area contributed by atoms with Gasteiger partial charge in [-0.1, -0.05) is 32.0 Å². The van der Waals surface area contributed by atoms with Gasteiger partial charge in [0.15, 0.2) is 5.82 Å². The summed E-state index contributed by atoms with van der Waals surface area (Å²) in [5.41, 5.74) is 5.49. The molecule has 6 nitrogen and oxygen atoms in total. The molecular weight excluding hydrogens is 324 g/mol. The number of nitrogens with zero attached hydrogens (tertiary/aromatic N) is 5. The van der Waals surface area contributed by atoms with Crippen molar-refractivity contribution in [1.29, 1.82) is 5.26 Å². The minimum atomic E-state index is 0.535. The minimum absolute atomic E-state index is 0.535. The van der Waals surface area contributed by atoms with Crippen LogP contribution < -0.4 is 5.32 Å². The SMILES string of the molecule is CCc1nnc(NCc2ccccc2-n2ccc(C)n2)c(C#N)c1CC. The lowest BCUT2D eigenvalue weighted by atomic mass is 10.0. The fourth-order valence-electron chi connectivity index (χ4n) is 3.03. The highest BCUT2D eigenvalue weighted by Gasteiger charge is 2.14. The van der Waals surface area contributed by atoms with Crippen LogP contribution in [0.15, 0.2) is 36.5 Å². The van der Waals surface area contributed by atoms with Gasteiger partial charge in [-0.25, -0.2) is 4.68 Å². The average molecular weight is 346 g/mol. The van der Waals surface area contributed by atoms with Crippen molar-refractivity contribution in [2.45, 2.75) is 40.2 Å². The van der Waals surface area contributed by atoms with Gasteiger partial charge in [0.05, 0.1) is 17.1 Å². The molecular formula is C20H22N6. The van der Waals surface area contributed by atoms with E-state index in [9.17, 15) is 5.26 Å². The van der Waals surface area contributed by atoms with E-state index in [0.29, 0.717) is 17.9 Å². The summed E-state index contributed by atoms with van der Waals surface area (Å²) in [6, 6.07) is 12.3. The molecule has 1 aromatic carbocycles. The second-order valence-electron chi connectivity index (χ2n) is 6.05. The van der Waals surface area contributed by atoms with E-state index in [0.717, 1.165) is 41.0 Å². The lowest BCUT2D eigenvalue weighted by Gasteiger charge is -2.14. The van der Waals surface area contributed by atoms with Crippen molar-refractivity contribution < 1.29 is 0 Å². The van der Waals surface area contributed by atoms with Crippen LogP contribution in [-0.2, 0) is 19.4 Å². The van der Waals surface area contributed by atoms with Gasteiger partial charge < -0.3 is 5.32 Å². The molecule has 0 amide bonds. The van der Waals surface area contributed by atoms with Crippen molar-refractivity contribution in [1.82, 2.24) is 20.0 Å². The number of hydrogen-bond donors (Lipinski definition) is 1. The summed E-state index contributed by atoms with van der Waals surface area (Å²) in [5.74, 6) is 0.535. The minimum Gasteiger partial charge on any atom is -0.363 e. The lowest BCUT2D eigenvalue weighted by Crippen LogP contribution is -2.11. The Morgan fingerprint density at radius 3 is 2.58 bits per heavy atom. The maximum atomic E-state index is 9.61. The zero-order chi connectivity index (χ0) is 18.5. The van der Waals surface area contributed by atoms with Crippen molar-refractivity contribution in [3.8, 4) is 11.8 Å². The zero-order valence-corrected chi connectivity index (χ0v) is 15.3. The Balaban J connectivity index is 1.90. The Morgan fingerprint density at radius 1 is 1.12 bits per heavy atom. The third-order valence-electron chi connectivity index (χ3n) is 4.37. The highest BCUT2D eigenvalue weighted by molar-refractivity contribution is 5.57. The van der Waals surface area contributed by atoms with Crippen LogP contribution in [0.25, 0.3) is 5.69 Å². The third-order valence-corrected chi connectivity index (χ3v) is 4.37. The highest BCUT2D eigenvalue weighted by atomic mass is 15.3. The molecule has 3 aromatic rings. The van der Waals surface area contributed by atoms with Crippen LogP contribution in [0.1, 0.15) is 41.9 Å². The number of nitriles is 1. The predicted molar refractivity (Wildman–Crippen MR) is 101 cm³/mol. The molecule has 0 radical (unpaired) electrons. The first-order valence-corrected chi connectivity index (χ1v) is 8.80. The molecule has 26 heavy (non-hydrogen) atoms. The van der Waals surface area contributed by atoms with Gasteiger partial charge in [0.25, 0.3) is 0 Å². The molecule has 0 aliphatic carbocycles. The van der Waals surface area contributed by atoms with Gasteiger partial charge in [0.2, 0.25) is 0 Å². The molecule has 132 valence electrons. The maximum Gasteiger partial charge on any atom is 0.167 e. The first kappa shape index (κ1) is 17.6. The molecule has 0 aliphatic rings. The molecule has 0 unspecified atom stereocenters. The fourth-order valence-corrected chi connectivity index (χ4v) is 3.03. The van der Waals surface area contributed by atoms with Crippen LogP contribution in [0.2, 0.25) is 0 Å². The molecule has 2 aromatic heterocycles. The molecule has 2 heterocycles. The Bertz CT molecular complexity index is 951. The number of benzene rings is 1. The number of para-hydroxylation sites is 1. The summed E-state index contributed by atoms with van der Waals surface area (Å²) in [4.78, 5) is 0. The highest BCUT2D eigenvalue weighted by Crippen LogP contribution is 2.22. The Kier molecular flexibility index (Phi) is 5.28. The summed E-state index contributed by atoms with van der Waals surface area (Å²) in [6.45, 7) is 6.57. The summed E-state index contributed by atoms with van der Waals surface area (Å²) in [7, 11) is 0. The van der Waals surface area contributed by atoms with Crippen LogP contribution in [0.5, 0.6) is 0 Å². The smallest absolute Gasteiger partial charge is 0.167 e. The van der Waals surface area contributed by atoms with E-state index in [1.807, 2.05) is 62.0 Å². The van der Waals surface area contributed by atoms with E-state index in [1.165, 1.54) is 0 Å². The lowest BCUT2D eigenvalue weighted by molar-refractivity contribution is 0.843. The summed E-state index contributed by atoms with van der Waals surface area (Å²) >= 11 is 0. The molecule has 0 saturated heterocycles. The first-order chi connectivity index (χ1) is 12.7. The zero-order valence-electron chi connectivity index (χ0n) is 15.3. The maximum absolute atomic E-state index is 9.61. The number of nitrogens with one attached hydrogen (secondary N) is 1. The molecule has 6 heteroatoms. The van der Waals surface area contributed by atoms with E-state index in [1.54, 1.807) is 0 Å². The van der Waals surface area contributed by atoms with E-state index in [4.69, 9.17) is 0 Å². The number of aryl methyl sites for hydroxylation is 2. The molecule has 0 spiro atoms. The normalized spacial score (nSPS) is 10.5. The van der Waals surface area contributed by atoms with E-state index >= 15 is 0 Å². The quantitative estimate of drug-likeness (QED) is 0.738. The topological polar surface area (TPSA) is 79.4 Å². The molecule has 0 saturated carbocycles. The van der Waals surface area contributed by atoms with Crippen molar-refractivity contribution in [2.75, 3.05) is 5.32 Å². The molecule has 0 fully saturated rings. The largest absolute Gasteiger partial charge is 0.363 e. The predicted octanol–water partition coefficient (Wildman–Crippen LogP) is 3.58. The monoisotopic (exact) mass is 346 g/mol. The number of hydrogen-bond acceptors (Lipinski definition) is 5. The van der Waals surface area contributed by atoms with Crippen LogP contribution in [0, 0.1) is 18.3 Å². The Labute approximate surface area is 153 Å². The molecule has 0 aliphatic heterocycles. The van der Waals surface area contributed by atoms with Gasteiger partial charge in [-0.2, -0.15) is 15.5 Å². The molecule has 3 rings (SSSR count). The second-order valence-corrected chi connectivity index (χ2v) is 6.05. The van der Waals surface area contributed by atoms with Crippen molar-refractivity contribution >= 4 is 5.82 Å². The van der Waals surface area contributed by atoms with E-state index in [2.05, 4.69) is 26.7 Å². The summed E-state index contributed by atoms with van der Waals surface area (Å²) < 4.78 is 1.86. The second kappa shape index (κ2) is 7.79. The summed E-state index contributed by atoms with van der Waals surface area (Å²) in [5, 5.41) is 25.9. The van der Waals surface area contributed by atoms with E-state index < -0.39 is 0 Å². The standard InChI is InChI=1S/C20H22N6/c1-4-16-17(12-21)20(24-23-18(16)5-2)22-13-15-8-6-7-9-19(15)26-11-10-14(3)25-26/h6-11H,4-5,13H2,1-3H3,(H,22,24). The van der Waals surface area contributed by atoms with E-state index in [-0.39, 0.29) is 0 Å². The van der Waals surface area contributed by atoms with Crippen LogP contribution >= 0.6 is 0 Å². The molecule has 0 bridgehead atoms. The van der Waals surface area contributed by atoms with Gasteiger partial charge in [-0.3, -0.25) is 0 Å². The average Bonchev–Trinajstić information content (AvgIpc) is 3.11. The van der Waals surface area contributed by atoms with Gasteiger partial charge in [-0.15, -0.1) is 5.10 Å².